The van der Waals surface area contributed by atoms with Gasteiger partial charge in [0.1, 0.15) is 159 Å². The predicted molar refractivity (Wildman–Crippen MR) is 372 cm³/mol. The van der Waals surface area contributed by atoms with Crippen molar-refractivity contribution in [1.29, 1.82) is 0 Å². The summed E-state index contributed by atoms with van der Waals surface area (Å²) in [5.74, 6) is -1.75. The Hall–Kier alpha value is -3.03. The SMILES string of the molecule is CC(=O)NC1C(O)[C@H](C)OC(C)[C@H]1O.CC(=O)N[C@H]1CC(C)O[C@@H](C)C1O.CC1C[C@H](O)C(O)[C@H](C)O1.CO[C@@H]1C(O)[C@H](C)OC(CO)[C@H]1O.C[C@@H]1OC(CC(=O)[O-])[C@@H](O)[C@H](O)C1O.C[C@@H]1OC(CO)[C@@H](O)[C@H](O)C1O.C[C@@H]1OC(CO)[C@@H](O)[C@H](O)C1O.C[C@@H]1OC(CO)[C@H](O)[C@H](O)C1O.C[C@@H]1OC[C@@H](O)[C@H](O)C1O. The number of rotatable bonds is 9. The Labute approximate surface area is 638 Å². The van der Waals surface area contributed by atoms with Crippen LogP contribution in [0.1, 0.15) is 116 Å². The highest BCUT2D eigenvalue weighted by molar-refractivity contribution is 5.73. The molecule has 9 rings (SSSR count). The van der Waals surface area contributed by atoms with Gasteiger partial charge in [-0.3, -0.25) is 9.59 Å². The van der Waals surface area contributed by atoms with Crippen molar-refractivity contribution in [2.75, 3.05) is 40.1 Å². The zero-order valence-corrected chi connectivity index (χ0v) is 64.7. The van der Waals surface area contributed by atoms with Crippen molar-refractivity contribution in [1.82, 2.24) is 10.6 Å². The molecule has 42 heteroatoms. The fourth-order valence-corrected chi connectivity index (χ4v) is 12.5. The van der Waals surface area contributed by atoms with E-state index in [0.717, 1.165) is 0 Å². The first-order valence-electron chi connectivity index (χ1n) is 36.5. The number of hydrogen-bond donors (Lipinski definition) is 28. The Kier molecular flexibility index (Phi) is 48.3. The third kappa shape index (κ3) is 32.1. The number of nitrogens with one attached hydrogen (secondary N) is 2. The minimum absolute atomic E-state index is 0.0633. The van der Waals surface area contributed by atoms with Crippen LogP contribution in [0.3, 0.4) is 0 Å². The van der Waals surface area contributed by atoms with Crippen LogP contribution in [0.2, 0.25) is 0 Å². The van der Waals surface area contributed by atoms with Crippen molar-refractivity contribution in [3.63, 3.8) is 0 Å². The molecule has 9 fully saturated rings. The fourth-order valence-electron chi connectivity index (χ4n) is 12.5. The lowest BCUT2D eigenvalue weighted by atomic mass is 9.94. The van der Waals surface area contributed by atoms with Crippen LogP contribution in [0.25, 0.3) is 0 Å². The molecular formula is C68H131N2O40-. The number of methoxy groups -OCH3 is 1. The van der Waals surface area contributed by atoms with E-state index in [0.29, 0.717) is 12.8 Å². The number of ether oxygens (including phenoxy) is 10. The van der Waals surface area contributed by atoms with E-state index >= 15 is 0 Å². The van der Waals surface area contributed by atoms with Gasteiger partial charge in [-0.05, 0) is 89.5 Å². The van der Waals surface area contributed by atoms with E-state index in [4.69, 9.17) is 83.1 Å². The monoisotopic (exact) mass is 1620 g/mol. The molecule has 2 amide bonds. The first kappa shape index (κ1) is 105. The standard InChI is InChI=1S/C9H17NO4.C9H17NO3.C8H14O6.C8H16O5.3C7H14O5.C7H14O3.C6H12O4/c1-4-8(12)7(10-6(3)11)9(13)5(2)14-4;1-5-4-8(10-7(3)11)9(12)6(2)13-5;1-3-6(11)8(13)7(12)4(14-3)2-5(9)10;1-4-6(10)8(12-2)7(11)5(3-9)13-4;3*1-3-5(9)7(11)6(10)4(2-8)12-3;1-4-3-6(8)7(9)5(2)10-4;1-3-5(8)6(9)4(7)2-10-3/h4-5,7-9,12-13H,1-3H3,(H,10,11);5-6,8-9,12H,4H2,1-3H3,(H,10,11);3-4,6-8,11-13H,2H2,1H3,(H,9,10);4-11H,3H2,1-2H3;3*3-11H,2H2,1H3;4-9H,3H2,1-2H3;3-9H,2H2,1H3/p-1/t4-,5?,7?,8?,9+;5?,6-,8-,9?;3-,4?,6?,7+,8+;4-,5?,6?,7+,8+;2*3-,4?,5?,6+,7+;3-,4?,5?,6-,7+;4?,5-,6-,7?;3-,4+,5?,6-/m000000000/s1. The van der Waals surface area contributed by atoms with E-state index in [9.17, 15) is 117 Å². The summed E-state index contributed by atoms with van der Waals surface area (Å²) in [6, 6.07) is -0.817. The molecule has 0 radical (unpaired) electrons. The molecule has 0 saturated carbocycles. The summed E-state index contributed by atoms with van der Waals surface area (Å²) in [6.07, 6.45) is -31.6. The highest BCUT2D eigenvalue weighted by atomic mass is 16.6. The number of carboxylic acid groups (broad SMARTS) is 1. The summed E-state index contributed by atoms with van der Waals surface area (Å²) < 4.78 is 51.0. The lowest BCUT2D eigenvalue weighted by Crippen LogP contribution is -2.62. The Balaban J connectivity index is 0.000000620. The van der Waals surface area contributed by atoms with Crippen molar-refractivity contribution in [2.45, 2.75) is 372 Å². The maximum absolute atomic E-state index is 10.8. The quantitative estimate of drug-likeness (QED) is 0.102. The molecule has 654 valence electrons. The van der Waals surface area contributed by atoms with Crippen LogP contribution in [-0.4, -0.2) is 447 Å². The number of aliphatic hydroxyl groups is 26. The number of amides is 2. The lowest BCUT2D eigenvalue weighted by molar-refractivity contribution is -0.312. The average molecular weight is 1620 g/mol. The molecule has 9 aliphatic heterocycles. The van der Waals surface area contributed by atoms with E-state index in [1.165, 1.54) is 27.9 Å². The molecule has 9 heterocycles. The molecule has 18 unspecified atom stereocenters. The molecule has 110 heavy (non-hydrogen) atoms. The molecule has 0 bridgehead atoms. The first-order valence-corrected chi connectivity index (χ1v) is 36.5. The highest BCUT2D eigenvalue weighted by Gasteiger charge is 2.47. The van der Waals surface area contributed by atoms with Gasteiger partial charge in [-0.1, -0.05) is 0 Å². The zero-order chi connectivity index (χ0) is 85.1. The normalized spacial score (nSPS) is 46.3. The summed E-state index contributed by atoms with van der Waals surface area (Å²) in [4.78, 5) is 31.9. The molecule has 0 aromatic heterocycles. The second kappa shape index (κ2) is 50.6. The van der Waals surface area contributed by atoms with E-state index in [1.54, 1.807) is 55.4 Å². The number of carbonyl (C=O) groups excluding carboxylic acids is 3. The highest BCUT2D eigenvalue weighted by Crippen LogP contribution is 2.28. The van der Waals surface area contributed by atoms with Gasteiger partial charge in [-0.15, -0.1) is 0 Å². The van der Waals surface area contributed by atoms with Gasteiger partial charge in [0.2, 0.25) is 11.8 Å². The predicted octanol–water partition coefficient (Wildman–Crippen LogP) is -13.5. The molecule has 0 aliphatic carbocycles. The zero-order valence-electron chi connectivity index (χ0n) is 64.7. The maximum atomic E-state index is 10.8. The molecular weight excluding hydrogens is 1480 g/mol. The van der Waals surface area contributed by atoms with E-state index in [-0.39, 0.29) is 87.5 Å². The molecule has 42 nitrogen and oxygen atoms in total. The minimum atomic E-state index is -1.40. The number of carbonyl (C=O) groups is 3. The Bertz CT molecular complexity index is 2380. The molecule has 42 atom stereocenters. The van der Waals surface area contributed by atoms with Gasteiger partial charge in [0.05, 0.1) is 131 Å². The topological polar surface area (TPSA) is 717 Å². The van der Waals surface area contributed by atoms with Gasteiger partial charge < -0.3 is 201 Å². The van der Waals surface area contributed by atoms with Crippen molar-refractivity contribution >= 4 is 17.8 Å². The van der Waals surface area contributed by atoms with Crippen molar-refractivity contribution in [2.24, 2.45) is 0 Å². The van der Waals surface area contributed by atoms with Gasteiger partial charge in [-0.2, -0.15) is 0 Å². The second-order valence-electron chi connectivity index (χ2n) is 28.7. The van der Waals surface area contributed by atoms with Crippen molar-refractivity contribution in [3.05, 3.63) is 0 Å². The van der Waals surface area contributed by atoms with Gasteiger partial charge in [0.25, 0.3) is 0 Å². The van der Waals surface area contributed by atoms with Crippen LogP contribution in [0, 0.1) is 0 Å². The summed E-state index contributed by atoms with van der Waals surface area (Å²) in [7, 11) is 1.41. The van der Waals surface area contributed by atoms with Crippen LogP contribution in [0.5, 0.6) is 0 Å². The third-order valence-corrected chi connectivity index (χ3v) is 19.6. The van der Waals surface area contributed by atoms with Gasteiger partial charge in [0.15, 0.2) is 0 Å². The lowest BCUT2D eigenvalue weighted by Gasteiger charge is -2.40. The molecule has 0 aromatic rings. The Morgan fingerprint density at radius 3 is 0.955 bits per heavy atom. The fraction of sp³-hybridized carbons (Fsp3) is 0.956. The smallest absolute Gasteiger partial charge is 0.217 e. The average Bonchev–Trinajstić information content (AvgIpc) is 0.641. The summed E-state index contributed by atoms with van der Waals surface area (Å²) >= 11 is 0. The molecule has 9 aliphatic rings. The number of aliphatic hydroxyl groups excluding tert-OH is 26. The summed E-state index contributed by atoms with van der Waals surface area (Å²) in [5, 5.41) is 255. The second-order valence-corrected chi connectivity index (χ2v) is 28.7. The van der Waals surface area contributed by atoms with E-state index in [2.05, 4.69) is 10.6 Å². The van der Waals surface area contributed by atoms with Crippen LogP contribution >= 0.6 is 0 Å². The molecule has 0 aromatic carbocycles. The Morgan fingerprint density at radius 1 is 0.327 bits per heavy atom. The minimum Gasteiger partial charge on any atom is -0.550 e. The largest absolute Gasteiger partial charge is 0.550 e. The Morgan fingerprint density at radius 2 is 0.627 bits per heavy atom. The van der Waals surface area contributed by atoms with Crippen LogP contribution in [0.15, 0.2) is 0 Å². The third-order valence-electron chi connectivity index (χ3n) is 19.6. The van der Waals surface area contributed by atoms with Crippen LogP contribution in [0.4, 0.5) is 0 Å². The van der Waals surface area contributed by atoms with Crippen LogP contribution < -0.4 is 15.7 Å². The number of aliphatic carboxylic acids is 1. The van der Waals surface area contributed by atoms with Crippen LogP contribution in [-0.2, 0) is 61.8 Å². The number of carboxylic acids is 1. The first-order chi connectivity index (χ1) is 50.9. The van der Waals surface area contributed by atoms with E-state index < -0.39 is 226 Å². The maximum Gasteiger partial charge on any atom is 0.217 e. The molecule has 9 saturated heterocycles. The summed E-state index contributed by atoms with van der Waals surface area (Å²) in [6.45, 7) is 21.9. The van der Waals surface area contributed by atoms with Crippen molar-refractivity contribution in [3.8, 4) is 0 Å². The van der Waals surface area contributed by atoms with Gasteiger partial charge in [0, 0.05) is 39.8 Å². The number of hydrogen-bond acceptors (Lipinski definition) is 40. The van der Waals surface area contributed by atoms with Gasteiger partial charge >= 0.3 is 0 Å². The molecule has 28 N–H and O–H groups in total. The summed E-state index contributed by atoms with van der Waals surface area (Å²) in [5.41, 5.74) is 0. The molecule has 0 spiro atoms. The van der Waals surface area contributed by atoms with E-state index in [1.807, 2.05) is 20.8 Å². The van der Waals surface area contributed by atoms with Gasteiger partial charge in [-0.25, -0.2) is 0 Å². The van der Waals surface area contributed by atoms with Crippen molar-refractivity contribution < 1.29 is 200 Å².